The number of carbonyl (C=O) groups is 2. The van der Waals surface area contributed by atoms with Gasteiger partial charge < -0.3 is 16.0 Å². The van der Waals surface area contributed by atoms with E-state index in [-0.39, 0.29) is 24.2 Å². The minimum atomic E-state index is -0.900. The minimum absolute atomic E-state index is 0. The molecule has 1 heterocycles. The van der Waals surface area contributed by atoms with Gasteiger partial charge >= 0.3 is 0 Å². The lowest BCUT2D eigenvalue weighted by molar-refractivity contribution is -0.120. The Hall–Kier alpha value is -2.37. The number of amides is 2. The van der Waals surface area contributed by atoms with Gasteiger partial charge in [-0.2, -0.15) is 0 Å². The van der Waals surface area contributed by atoms with Crippen molar-refractivity contribution < 1.29 is 9.59 Å². The number of nitrogens with zero attached hydrogens (tertiary/aromatic N) is 1. The molecule has 0 aliphatic carbocycles. The number of carbonyl (C=O) groups excluding carboxylic acids is 2. The maximum Gasteiger partial charge on any atom is 0.258 e. The lowest BCUT2D eigenvalue weighted by Gasteiger charge is -2.23. The van der Waals surface area contributed by atoms with Crippen molar-refractivity contribution in [2.24, 2.45) is 5.73 Å². The standard InChI is InChI=1S/C21H25N3O2.ClH/c1-3-13-21(2,22)20(26)23-17-10-8-16(9-11-17)19(25)24-14-12-15-6-4-5-7-18(15)24;/h4-11H,3,12-14,22H2,1-2H3,(H,23,26);1H. The quantitative estimate of drug-likeness (QED) is 0.819. The summed E-state index contributed by atoms with van der Waals surface area (Å²) >= 11 is 0. The molecule has 0 radical (unpaired) electrons. The Morgan fingerprint density at radius 3 is 2.48 bits per heavy atom. The van der Waals surface area contributed by atoms with Gasteiger partial charge in [0, 0.05) is 23.5 Å². The van der Waals surface area contributed by atoms with E-state index in [0.717, 1.165) is 18.5 Å². The summed E-state index contributed by atoms with van der Waals surface area (Å²) in [5, 5.41) is 2.83. The SMILES string of the molecule is CCCC(C)(N)C(=O)Nc1ccc(C(=O)N2CCc3ccccc32)cc1.Cl. The van der Waals surface area contributed by atoms with Gasteiger partial charge in [-0.25, -0.2) is 0 Å². The first-order chi connectivity index (χ1) is 12.4. The van der Waals surface area contributed by atoms with Crippen LogP contribution in [-0.4, -0.2) is 23.9 Å². The highest BCUT2D eigenvalue weighted by Gasteiger charge is 2.28. The van der Waals surface area contributed by atoms with Crippen LogP contribution in [0, 0.1) is 0 Å². The highest BCUT2D eigenvalue weighted by atomic mass is 35.5. The zero-order valence-electron chi connectivity index (χ0n) is 15.7. The molecule has 2 amide bonds. The molecule has 3 rings (SSSR count). The number of rotatable bonds is 5. The lowest BCUT2D eigenvalue weighted by Crippen LogP contribution is -2.48. The molecule has 2 aromatic carbocycles. The molecule has 1 aliphatic heterocycles. The van der Waals surface area contributed by atoms with Crippen LogP contribution in [0.15, 0.2) is 48.5 Å². The van der Waals surface area contributed by atoms with Crippen molar-refractivity contribution in [3.8, 4) is 0 Å². The van der Waals surface area contributed by atoms with E-state index < -0.39 is 5.54 Å². The van der Waals surface area contributed by atoms with Gasteiger partial charge in [-0.3, -0.25) is 9.59 Å². The molecular formula is C21H26ClN3O2. The predicted molar refractivity (Wildman–Crippen MR) is 112 cm³/mol. The van der Waals surface area contributed by atoms with E-state index in [1.165, 1.54) is 5.56 Å². The number of fused-ring (bicyclic) bond motifs is 1. The zero-order valence-corrected chi connectivity index (χ0v) is 16.5. The number of nitrogens with one attached hydrogen (secondary N) is 1. The number of hydrogen-bond donors (Lipinski definition) is 2. The normalized spacial score (nSPS) is 14.7. The van der Waals surface area contributed by atoms with Crippen LogP contribution in [0.25, 0.3) is 0 Å². The van der Waals surface area contributed by atoms with Crippen molar-refractivity contribution in [2.75, 3.05) is 16.8 Å². The third-order valence-electron chi connectivity index (χ3n) is 4.81. The first-order valence-electron chi connectivity index (χ1n) is 9.02. The Morgan fingerprint density at radius 2 is 1.81 bits per heavy atom. The fourth-order valence-corrected chi connectivity index (χ4v) is 3.31. The summed E-state index contributed by atoms with van der Waals surface area (Å²) in [5.41, 5.74) is 8.57. The van der Waals surface area contributed by atoms with E-state index in [1.807, 2.05) is 25.1 Å². The van der Waals surface area contributed by atoms with Gasteiger partial charge in [0.05, 0.1) is 5.54 Å². The van der Waals surface area contributed by atoms with Gasteiger partial charge in [0.25, 0.3) is 5.91 Å². The molecule has 1 aliphatic rings. The third kappa shape index (κ3) is 4.49. The average molecular weight is 388 g/mol. The molecule has 27 heavy (non-hydrogen) atoms. The minimum Gasteiger partial charge on any atom is -0.325 e. The van der Waals surface area contributed by atoms with Gasteiger partial charge in [0.2, 0.25) is 5.91 Å². The van der Waals surface area contributed by atoms with Crippen molar-refractivity contribution in [1.29, 1.82) is 0 Å². The number of anilines is 2. The van der Waals surface area contributed by atoms with E-state index in [4.69, 9.17) is 5.73 Å². The summed E-state index contributed by atoms with van der Waals surface area (Å²) < 4.78 is 0. The maximum atomic E-state index is 12.8. The molecule has 0 saturated carbocycles. The van der Waals surface area contributed by atoms with Gasteiger partial charge in [-0.05, 0) is 55.7 Å². The Bertz CT molecular complexity index is 818. The van der Waals surface area contributed by atoms with Gasteiger partial charge in [-0.15, -0.1) is 12.4 Å². The van der Waals surface area contributed by atoms with Crippen LogP contribution in [0.2, 0.25) is 0 Å². The third-order valence-corrected chi connectivity index (χ3v) is 4.81. The van der Waals surface area contributed by atoms with Crippen molar-refractivity contribution in [1.82, 2.24) is 0 Å². The first kappa shape index (κ1) is 20.9. The zero-order chi connectivity index (χ0) is 18.7. The largest absolute Gasteiger partial charge is 0.325 e. The van der Waals surface area contributed by atoms with E-state index in [9.17, 15) is 9.59 Å². The molecule has 1 unspecified atom stereocenters. The van der Waals surface area contributed by atoms with Crippen LogP contribution in [0.3, 0.4) is 0 Å². The van der Waals surface area contributed by atoms with Crippen LogP contribution in [0.4, 0.5) is 11.4 Å². The van der Waals surface area contributed by atoms with Crippen LogP contribution in [0.1, 0.15) is 42.6 Å². The second-order valence-electron chi connectivity index (χ2n) is 7.03. The van der Waals surface area contributed by atoms with E-state index in [2.05, 4.69) is 11.4 Å². The molecule has 0 bridgehead atoms. The van der Waals surface area contributed by atoms with Crippen LogP contribution in [0.5, 0.6) is 0 Å². The number of nitrogens with two attached hydrogens (primary N) is 1. The highest BCUT2D eigenvalue weighted by molar-refractivity contribution is 6.07. The Morgan fingerprint density at radius 1 is 1.15 bits per heavy atom. The molecule has 1 atom stereocenters. The number of hydrogen-bond acceptors (Lipinski definition) is 3. The topological polar surface area (TPSA) is 75.4 Å². The van der Waals surface area contributed by atoms with Gasteiger partial charge in [-0.1, -0.05) is 31.5 Å². The van der Waals surface area contributed by atoms with Crippen LogP contribution in [-0.2, 0) is 11.2 Å². The molecule has 6 heteroatoms. The van der Waals surface area contributed by atoms with E-state index >= 15 is 0 Å². The Labute approximate surface area is 166 Å². The predicted octanol–water partition coefficient (Wildman–Crippen LogP) is 3.77. The molecule has 0 aromatic heterocycles. The highest BCUT2D eigenvalue weighted by Crippen LogP contribution is 2.29. The van der Waals surface area contributed by atoms with E-state index in [0.29, 0.717) is 24.2 Å². The second-order valence-corrected chi connectivity index (χ2v) is 7.03. The van der Waals surface area contributed by atoms with Gasteiger partial charge in [0.1, 0.15) is 0 Å². The average Bonchev–Trinajstić information content (AvgIpc) is 3.06. The summed E-state index contributed by atoms with van der Waals surface area (Å²) in [5.74, 6) is -0.241. The lowest BCUT2D eigenvalue weighted by atomic mass is 9.96. The van der Waals surface area contributed by atoms with E-state index in [1.54, 1.807) is 36.1 Å². The summed E-state index contributed by atoms with van der Waals surface area (Å²) in [6.07, 6.45) is 2.33. The number of benzene rings is 2. The molecule has 5 nitrogen and oxygen atoms in total. The Balaban J connectivity index is 0.00000261. The Kier molecular flexibility index (Phi) is 6.63. The van der Waals surface area contributed by atoms with Crippen molar-refractivity contribution in [3.63, 3.8) is 0 Å². The molecule has 144 valence electrons. The van der Waals surface area contributed by atoms with Gasteiger partial charge in [0.15, 0.2) is 0 Å². The molecule has 3 N–H and O–H groups in total. The first-order valence-corrected chi connectivity index (χ1v) is 9.02. The molecular weight excluding hydrogens is 362 g/mol. The monoisotopic (exact) mass is 387 g/mol. The number of para-hydroxylation sites is 1. The maximum absolute atomic E-state index is 12.8. The molecule has 0 saturated heterocycles. The smallest absolute Gasteiger partial charge is 0.258 e. The fourth-order valence-electron chi connectivity index (χ4n) is 3.31. The number of halogens is 1. The van der Waals surface area contributed by atoms with Crippen molar-refractivity contribution in [3.05, 3.63) is 59.7 Å². The molecule has 2 aromatic rings. The summed E-state index contributed by atoms with van der Waals surface area (Å²) in [6.45, 7) is 4.42. The summed E-state index contributed by atoms with van der Waals surface area (Å²) in [6, 6.07) is 15.0. The molecule has 0 spiro atoms. The van der Waals surface area contributed by atoms with Crippen LogP contribution >= 0.6 is 12.4 Å². The molecule has 0 fully saturated rings. The van der Waals surface area contributed by atoms with Crippen molar-refractivity contribution >= 4 is 35.6 Å². The summed E-state index contributed by atoms with van der Waals surface area (Å²) in [4.78, 5) is 26.9. The van der Waals surface area contributed by atoms with Crippen LogP contribution < -0.4 is 16.0 Å². The summed E-state index contributed by atoms with van der Waals surface area (Å²) in [7, 11) is 0. The fraction of sp³-hybridized carbons (Fsp3) is 0.333. The van der Waals surface area contributed by atoms with Crippen molar-refractivity contribution in [2.45, 2.75) is 38.6 Å². The second kappa shape index (κ2) is 8.55.